The number of hydrogen-bond donors (Lipinski definition) is 2. The Morgan fingerprint density at radius 2 is 1.90 bits per heavy atom. The van der Waals surface area contributed by atoms with Gasteiger partial charge in [-0.25, -0.2) is 9.78 Å². The maximum absolute atomic E-state index is 12.7. The van der Waals surface area contributed by atoms with Crippen molar-refractivity contribution in [1.29, 1.82) is 0 Å². The minimum Gasteiger partial charge on any atom is -0.460 e. The minimum absolute atomic E-state index is 0.255. The van der Waals surface area contributed by atoms with E-state index in [9.17, 15) is 14.4 Å². The second kappa shape index (κ2) is 8.80. The predicted octanol–water partition coefficient (Wildman–Crippen LogP) is 3.48. The van der Waals surface area contributed by atoms with Crippen molar-refractivity contribution in [2.75, 3.05) is 6.61 Å². The third kappa shape index (κ3) is 4.62. The van der Waals surface area contributed by atoms with Crippen LogP contribution in [-0.2, 0) is 9.53 Å². The van der Waals surface area contributed by atoms with Crippen molar-refractivity contribution in [3.8, 4) is 11.5 Å². The maximum atomic E-state index is 12.7. The molecule has 31 heavy (non-hydrogen) atoms. The molecule has 2 N–H and O–H groups in total. The van der Waals surface area contributed by atoms with Crippen molar-refractivity contribution in [3.05, 3.63) is 76.2 Å². The number of fused-ring (bicyclic) bond motifs is 1. The fourth-order valence-corrected chi connectivity index (χ4v) is 3.50. The molecule has 4 aromatic rings. The summed E-state index contributed by atoms with van der Waals surface area (Å²) in [6.07, 6.45) is 0. The number of rotatable bonds is 5. The number of carbonyl (C=O) groups excluding carboxylic acids is 3. The molecule has 0 fully saturated rings. The fourth-order valence-electron chi connectivity index (χ4n) is 2.88. The minimum atomic E-state index is -0.692. The van der Waals surface area contributed by atoms with Gasteiger partial charge in [0.15, 0.2) is 12.4 Å². The van der Waals surface area contributed by atoms with Crippen molar-refractivity contribution in [2.24, 2.45) is 0 Å². The van der Waals surface area contributed by atoms with E-state index in [0.29, 0.717) is 27.2 Å². The van der Waals surface area contributed by atoms with E-state index in [1.165, 1.54) is 11.3 Å². The number of hydrazine groups is 1. The summed E-state index contributed by atoms with van der Waals surface area (Å²) in [7, 11) is 0. The van der Waals surface area contributed by atoms with Crippen LogP contribution in [0.4, 0.5) is 0 Å². The van der Waals surface area contributed by atoms with Gasteiger partial charge in [-0.2, -0.15) is 0 Å². The van der Waals surface area contributed by atoms with Crippen LogP contribution in [0.5, 0.6) is 0 Å². The number of nitrogens with one attached hydrogen (secondary N) is 2. The van der Waals surface area contributed by atoms with Crippen LogP contribution in [0.2, 0.25) is 0 Å². The zero-order valence-corrected chi connectivity index (χ0v) is 17.2. The summed E-state index contributed by atoms with van der Waals surface area (Å²) in [6.45, 7) is 1.25. The lowest BCUT2D eigenvalue weighted by Crippen LogP contribution is -2.43. The number of ether oxygens (including phenoxy) is 1. The highest BCUT2D eigenvalue weighted by molar-refractivity contribution is 7.12. The first-order valence-electron chi connectivity index (χ1n) is 9.27. The number of aryl methyl sites for hydroxylation is 1. The molecule has 0 radical (unpaired) electrons. The van der Waals surface area contributed by atoms with Crippen LogP contribution in [-0.4, -0.2) is 29.4 Å². The molecule has 8 nitrogen and oxygen atoms in total. The molecule has 3 aromatic heterocycles. The number of carbonyl (C=O) groups is 3. The molecule has 4 rings (SSSR count). The monoisotopic (exact) mass is 435 g/mol. The summed E-state index contributed by atoms with van der Waals surface area (Å²) in [6, 6.07) is 15.6. The van der Waals surface area contributed by atoms with Crippen LogP contribution in [0, 0.1) is 6.92 Å². The van der Waals surface area contributed by atoms with E-state index >= 15 is 0 Å². The largest absolute Gasteiger partial charge is 0.460 e. The van der Waals surface area contributed by atoms with Gasteiger partial charge in [0.1, 0.15) is 11.5 Å². The van der Waals surface area contributed by atoms with Gasteiger partial charge in [-0.05, 0) is 42.6 Å². The number of amides is 2. The molecule has 0 saturated heterocycles. The average molecular weight is 435 g/mol. The number of pyridine rings is 1. The van der Waals surface area contributed by atoms with Crippen LogP contribution in [0.1, 0.15) is 25.8 Å². The van der Waals surface area contributed by atoms with E-state index < -0.39 is 24.4 Å². The first kappa shape index (κ1) is 20.3. The van der Waals surface area contributed by atoms with E-state index in [0.717, 1.165) is 5.76 Å². The number of nitrogens with zero attached hydrogens (tertiary/aromatic N) is 1. The molecule has 156 valence electrons. The van der Waals surface area contributed by atoms with Gasteiger partial charge in [0.25, 0.3) is 11.8 Å². The van der Waals surface area contributed by atoms with Crippen LogP contribution in [0.3, 0.4) is 0 Å². The van der Waals surface area contributed by atoms with Crippen LogP contribution in [0.15, 0.2) is 64.4 Å². The Morgan fingerprint density at radius 1 is 1.06 bits per heavy atom. The molecular formula is C22H17N3O5S. The highest BCUT2D eigenvalue weighted by atomic mass is 32.1. The molecule has 0 aliphatic rings. The summed E-state index contributed by atoms with van der Waals surface area (Å²) in [5, 5.41) is 2.33. The first-order valence-corrected chi connectivity index (χ1v) is 10.2. The summed E-state index contributed by atoms with van der Waals surface area (Å²) in [5.74, 6) is -0.573. The number of para-hydroxylation sites is 1. The predicted molar refractivity (Wildman–Crippen MR) is 114 cm³/mol. The smallest absolute Gasteiger partial charge is 0.339 e. The number of thiophene rings is 1. The SMILES string of the molecule is Cc1ccc(-c2cc(C(=O)OCC(=O)NNC(=O)c3cccs3)c3ccccc3n2)o1. The highest BCUT2D eigenvalue weighted by Crippen LogP contribution is 2.26. The number of aromatic nitrogens is 1. The lowest BCUT2D eigenvalue weighted by Gasteiger charge is -2.10. The third-order valence-corrected chi connectivity index (χ3v) is 5.19. The summed E-state index contributed by atoms with van der Waals surface area (Å²) >= 11 is 1.24. The number of benzene rings is 1. The Labute approximate surface area is 180 Å². The Balaban J connectivity index is 1.47. The molecule has 0 unspecified atom stereocenters. The Kier molecular flexibility index (Phi) is 5.76. The van der Waals surface area contributed by atoms with E-state index in [-0.39, 0.29) is 5.56 Å². The summed E-state index contributed by atoms with van der Waals surface area (Å²) in [4.78, 5) is 41.6. The molecule has 2 amide bonds. The zero-order valence-electron chi connectivity index (χ0n) is 16.4. The molecular weight excluding hydrogens is 418 g/mol. The van der Waals surface area contributed by atoms with Crippen LogP contribution >= 0.6 is 11.3 Å². The second-order valence-electron chi connectivity index (χ2n) is 6.54. The van der Waals surface area contributed by atoms with Gasteiger partial charge >= 0.3 is 5.97 Å². The van der Waals surface area contributed by atoms with Crippen molar-refractivity contribution in [3.63, 3.8) is 0 Å². The maximum Gasteiger partial charge on any atom is 0.339 e. The Bertz CT molecular complexity index is 1260. The lowest BCUT2D eigenvalue weighted by molar-refractivity contribution is -0.125. The lowest BCUT2D eigenvalue weighted by atomic mass is 10.1. The zero-order chi connectivity index (χ0) is 21.8. The van der Waals surface area contributed by atoms with E-state index in [1.807, 2.05) is 13.0 Å². The van der Waals surface area contributed by atoms with E-state index in [1.54, 1.807) is 53.9 Å². The van der Waals surface area contributed by atoms with Gasteiger partial charge in [0, 0.05) is 5.39 Å². The normalized spacial score (nSPS) is 10.6. The van der Waals surface area contributed by atoms with Crippen molar-refractivity contribution < 1.29 is 23.5 Å². The van der Waals surface area contributed by atoms with E-state index in [2.05, 4.69) is 15.8 Å². The fraction of sp³-hybridized carbons (Fsp3) is 0.0909. The quantitative estimate of drug-likeness (QED) is 0.367. The first-order chi connectivity index (χ1) is 15.0. The van der Waals surface area contributed by atoms with Crippen LogP contribution in [0.25, 0.3) is 22.4 Å². The standard InChI is InChI=1S/C22H17N3O5S/c1-13-8-9-18(30-13)17-11-15(14-5-2-3-6-16(14)23-17)22(28)29-12-20(26)24-25-21(27)19-7-4-10-31-19/h2-11H,12H2,1H3,(H,24,26)(H,25,27). The Morgan fingerprint density at radius 3 is 2.65 bits per heavy atom. The van der Waals surface area contributed by atoms with Gasteiger partial charge in [-0.1, -0.05) is 24.3 Å². The molecule has 3 heterocycles. The summed E-state index contributed by atoms with van der Waals surface area (Å²) < 4.78 is 10.8. The molecule has 0 aliphatic heterocycles. The second-order valence-corrected chi connectivity index (χ2v) is 7.49. The number of furan rings is 1. The molecule has 0 atom stereocenters. The van der Waals surface area contributed by atoms with Gasteiger partial charge in [0.2, 0.25) is 0 Å². The summed E-state index contributed by atoms with van der Waals surface area (Å²) in [5.41, 5.74) is 5.81. The number of hydrogen-bond acceptors (Lipinski definition) is 7. The topological polar surface area (TPSA) is 111 Å². The Hall–Kier alpha value is -3.98. The van der Waals surface area contributed by atoms with Crippen molar-refractivity contribution in [1.82, 2.24) is 15.8 Å². The van der Waals surface area contributed by atoms with Gasteiger partial charge < -0.3 is 9.15 Å². The van der Waals surface area contributed by atoms with Crippen LogP contribution < -0.4 is 10.9 Å². The third-order valence-electron chi connectivity index (χ3n) is 4.32. The highest BCUT2D eigenvalue weighted by Gasteiger charge is 2.18. The van der Waals surface area contributed by atoms with Gasteiger partial charge in [0.05, 0.1) is 16.0 Å². The molecule has 1 aromatic carbocycles. The number of esters is 1. The van der Waals surface area contributed by atoms with Crippen molar-refractivity contribution in [2.45, 2.75) is 6.92 Å². The van der Waals surface area contributed by atoms with Gasteiger partial charge in [-0.3, -0.25) is 20.4 Å². The van der Waals surface area contributed by atoms with Gasteiger partial charge in [-0.15, -0.1) is 11.3 Å². The molecule has 0 bridgehead atoms. The van der Waals surface area contributed by atoms with Crippen molar-refractivity contribution >= 4 is 40.0 Å². The molecule has 0 aliphatic carbocycles. The molecule has 9 heteroatoms. The molecule has 0 saturated carbocycles. The average Bonchev–Trinajstić information content (AvgIpc) is 3.47. The van der Waals surface area contributed by atoms with E-state index in [4.69, 9.17) is 9.15 Å². The molecule has 0 spiro atoms.